The minimum atomic E-state index is -4.37. The van der Waals surface area contributed by atoms with Crippen molar-refractivity contribution in [3.63, 3.8) is 0 Å². The van der Waals surface area contributed by atoms with E-state index in [1.165, 1.54) is 17.2 Å². The van der Waals surface area contributed by atoms with Gasteiger partial charge in [0.15, 0.2) is 0 Å². The molecule has 0 atom stereocenters. The normalized spacial score (nSPS) is 11.9. The third-order valence-electron chi connectivity index (χ3n) is 2.34. The van der Waals surface area contributed by atoms with Gasteiger partial charge in [-0.2, -0.15) is 13.2 Å². The molecule has 0 aromatic carbocycles. The number of pyridine rings is 1. The molecule has 1 heterocycles. The molecule has 17 heavy (non-hydrogen) atoms. The van der Waals surface area contributed by atoms with E-state index in [0.717, 1.165) is 6.07 Å². The van der Waals surface area contributed by atoms with Gasteiger partial charge in [-0.3, -0.25) is 0 Å². The molecule has 0 spiro atoms. The van der Waals surface area contributed by atoms with Gasteiger partial charge in [0.05, 0.1) is 5.56 Å². The van der Waals surface area contributed by atoms with Gasteiger partial charge in [0.25, 0.3) is 0 Å². The van der Waals surface area contributed by atoms with Crippen LogP contribution in [0.25, 0.3) is 0 Å². The number of alkyl halides is 3. The van der Waals surface area contributed by atoms with Crippen LogP contribution in [0.4, 0.5) is 19.0 Å². The monoisotopic (exact) mass is 247 g/mol. The van der Waals surface area contributed by atoms with E-state index in [2.05, 4.69) is 4.98 Å². The summed E-state index contributed by atoms with van der Waals surface area (Å²) in [7, 11) is 5.36. The number of hydrogen-bond acceptors (Lipinski definition) is 3. The molecule has 0 aliphatic heterocycles. The van der Waals surface area contributed by atoms with E-state index in [-0.39, 0.29) is 5.82 Å². The molecule has 0 unspecified atom stereocenters. The summed E-state index contributed by atoms with van der Waals surface area (Å²) in [5.41, 5.74) is -0.693. The molecule has 0 saturated heterocycles. The molecule has 1 aromatic heterocycles. The van der Waals surface area contributed by atoms with Gasteiger partial charge in [-0.25, -0.2) is 4.98 Å². The molecule has 3 nitrogen and oxygen atoms in total. The minimum Gasteiger partial charge on any atom is -0.358 e. The average Bonchev–Trinajstić information content (AvgIpc) is 2.24. The first-order valence-electron chi connectivity index (χ1n) is 5.20. The highest BCUT2D eigenvalue weighted by Crippen LogP contribution is 2.34. The largest absolute Gasteiger partial charge is 0.419 e. The second kappa shape index (κ2) is 5.35. The van der Waals surface area contributed by atoms with Crippen LogP contribution in [0.2, 0.25) is 0 Å². The van der Waals surface area contributed by atoms with Crippen molar-refractivity contribution in [3.8, 4) is 0 Å². The summed E-state index contributed by atoms with van der Waals surface area (Å²) in [4.78, 5) is 7.24. The zero-order valence-corrected chi connectivity index (χ0v) is 10.1. The Kier molecular flexibility index (Phi) is 4.34. The molecule has 6 heteroatoms. The summed E-state index contributed by atoms with van der Waals surface area (Å²) in [5, 5.41) is 0. The van der Waals surface area contributed by atoms with Gasteiger partial charge < -0.3 is 9.80 Å². The molecule has 1 aromatic rings. The molecular weight excluding hydrogens is 231 g/mol. The molecule has 0 fully saturated rings. The molecule has 0 aliphatic rings. The Morgan fingerprint density at radius 3 is 2.35 bits per heavy atom. The van der Waals surface area contributed by atoms with Crippen LogP contribution in [-0.4, -0.2) is 44.1 Å². The van der Waals surface area contributed by atoms with Crippen LogP contribution in [-0.2, 0) is 6.18 Å². The summed E-state index contributed by atoms with van der Waals surface area (Å²) in [6, 6.07) is 2.35. The Hall–Kier alpha value is -1.30. The van der Waals surface area contributed by atoms with Crippen molar-refractivity contribution in [1.82, 2.24) is 9.88 Å². The lowest BCUT2D eigenvalue weighted by Gasteiger charge is -2.23. The lowest BCUT2D eigenvalue weighted by atomic mass is 10.2. The summed E-state index contributed by atoms with van der Waals surface area (Å²) in [6.07, 6.45) is -2.99. The molecule has 1 rings (SSSR count). The fourth-order valence-electron chi connectivity index (χ4n) is 1.38. The number of nitrogens with zero attached hydrogens (tertiary/aromatic N) is 3. The minimum absolute atomic E-state index is 0.0261. The summed E-state index contributed by atoms with van der Waals surface area (Å²) < 4.78 is 38.2. The molecule has 0 bridgehead atoms. The summed E-state index contributed by atoms with van der Waals surface area (Å²) >= 11 is 0. The Bertz CT molecular complexity index is 363. The van der Waals surface area contributed by atoms with Gasteiger partial charge >= 0.3 is 6.18 Å². The number of halogens is 3. The van der Waals surface area contributed by atoms with Crippen molar-refractivity contribution in [3.05, 3.63) is 23.9 Å². The first kappa shape index (κ1) is 13.8. The van der Waals surface area contributed by atoms with Crippen molar-refractivity contribution in [2.24, 2.45) is 0 Å². The van der Waals surface area contributed by atoms with E-state index in [1.807, 2.05) is 19.0 Å². The predicted octanol–water partition coefficient (Wildman–Crippen LogP) is 2.10. The smallest absolute Gasteiger partial charge is 0.358 e. The van der Waals surface area contributed by atoms with E-state index in [4.69, 9.17) is 0 Å². The van der Waals surface area contributed by atoms with Crippen LogP contribution in [0.15, 0.2) is 18.3 Å². The number of anilines is 1. The molecule has 0 saturated carbocycles. The van der Waals surface area contributed by atoms with Crippen LogP contribution in [0.1, 0.15) is 5.56 Å². The van der Waals surface area contributed by atoms with Crippen LogP contribution in [0, 0.1) is 0 Å². The lowest BCUT2D eigenvalue weighted by molar-refractivity contribution is -0.137. The first-order valence-corrected chi connectivity index (χ1v) is 5.20. The van der Waals surface area contributed by atoms with Crippen LogP contribution >= 0.6 is 0 Å². The lowest BCUT2D eigenvalue weighted by Crippen LogP contribution is -2.30. The highest BCUT2D eigenvalue weighted by Gasteiger charge is 2.34. The standard InChI is InChI=1S/C11H16F3N3/c1-16(2)7-8-17(3)10-9(11(12,13)14)5-4-6-15-10/h4-6H,7-8H2,1-3H3. The van der Waals surface area contributed by atoms with Gasteiger partial charge in [0.2, 0.25) is 0 Å². The maximum absolute atomic E-state index is 12.7. The number of likely N-dealkylation sites (N-methyl/N-ethyl adjacent to an activating group) is 2. The van der Waals surface area contributed by atoms with Crippen molar-refractivity contribution < 1.29 is 13.2 Å². The number of hydrogen-bond donors (Lipinski definition) is 0. The summed E-state index contributed by atoms with van der Waals surface area (Å²) in [6.45, 7) is 1.16. The number of aromatic nitrogens is 1. The van der Waals surface area contributed by atoms with Crippen molar-refractivity contribution in [2.45, 2.75) is 6.18 Å². The zero-order chi connectivity index (χ0) is 13.1. The van der Waals surface area contributed by atoms with Crippen LogP contribution in [0.3, 0.4) is 0 Å². The van der Waals surface area contributed by atoms with Crippen LogP contribution in [0.5, 0.6) is 0 Å². The molecule has 0 N–H and O–H groups in total. The first-order chi connectivity index (χ1) is 7.82. The Morgan fingerprint density at radius 1 is 1.18 bits per heavy atom. The molecule has 0 radical (unpaired) electrons. The Labute approximate surface area is 98.9 Å². The van der Waals surface area contributed by atoms with E-state index in [9.17, 15) is 13.2 Å². The fraction of sp³-hybridized carbons (Fsp3) is 0.545. The van der Waals surface area contributed by atoms with E-state index in [1.54, 1.807) is 7.05 Å². The topological polar surface area (TPSA) is 19.4 Å². The maximum atomic E-state index is 12.7. The second-order valence-corrected chi connectivity index (χ2v) is 4.10. The highest BCUT2D eigenvalue weighted by atomic mass is 19.4. The van der Waals surface area contributed by atoms with E-state index in [0.29, 0.717) is 13.1 Å². The van der Waals surface area contributed by atoms with Gasteiger partial charge in [0, 0.05) is 26.3 Å². The third-order valence-corrected chi connectivity index (χ3v) is 2.34. The highest BCUT2D eigenvalue weighted by molar-refractivity contribution is 5.47. The SMILES string of the molecule is CN(C)CCN(C)c1ncccc1C(F)(F)F. The fourth-order valence-corrected chi connectivity index (χ4v) is 1.38. The molecule has 96 valence electrons. The van der Waals surface area contributed by atoms with Gasteiger partial charge in [-0.05, 0) is 26.2 Å². The zero-order valence-electron chi connectivity index (χ0n) is 10.1. The third kappa shape index (κ3) is 3.89. The van der Waals surface area contributed by atoms with Crippen molar-refractivity contribution >= 4 is 5.82 Å². The second-order valence-electron chi connectivity index (χ2n) is 4.10. The molecular formula is C11H16F3N3. The van der Waals surface area contributed by atoms with Gasteiger partial charge in [-0.15, -0.1) is 0 Å². The van der Waals surface area contributed by atoms with Crippen molar-refractivity contribution in [1.29, 1.82) is 0 Å². The van der Waals surface area contributed by atoms with Gasteiger partial charge in [0.1, 0.15) is 5.82 Å². The molecule has 0 amide bonds. The number of rotatable bonds is 4. The van der Waals surface area contributed by atoms with E-state index >= 15 is 0 Å². The predicted molar refractivity (Wildman–Crippen MR) is 61.1 cm³/mol. The quantitative estimate of drug-likeness (QED) is 0.812. The Morgan fingerprint density at radius 2 is 1.82 bits per heavy atom. The van der Waals surface area contributed by atoms with Crippen LogP contribution < -0.4 is 4.90 Å². The van der Waals surface area contributed by atoms with Gasteiger partial charge in [-0.1, -0.05) is 0 Å². The Balaban J connectivity index is 2.89. The van der Waals surface area contributed by atoms with E-state index < -0.39 is 11.7 Å². The average molecular weight is 247 g/mol. The molecule has 0 aliphatic carbocycles. The van der Waals surface area contributed by atoms with Crippen molar-refractivity contribution in [2.75, 3.05) is 39.1 Å². The maximum Gasteiger partial charge on any atom is 0.419 e. The summed E-state index contributed by atoms with van der Waals surface area (Å²) in [5.74, 6) is -0.0261.